The largest absolute Gasteiger partial charge is 0.491 e. The minimum Gasteiger partial charge on any atom is -0.491 e. The van der Waals surface area contributed by atoms with E-state index in [-0.39, 0.29) is 5.91 Å². The van der Waals surface area contributed by atoms with Crippen molar-refractivity contribution in [2.45, 2.75) is 55.8 Å². The zero-order chi connectivity index (χ0) is 22.8. The van der Waals surface area contributed by atoms with Crippen LogP contribution in [0.5, 0.6) is 5.75 Å². The zero-order valence-corrected chi connectivity index (χ0v) is 20.4. The zero-order valence-electron chi connectivity index (χ0n) is 18.8. The molecule has 2 aliphatic rings. The standard InChI is InChI=1S/C23H36ClN3O4S/c1-27-22-19(26-23(27)29)16-32-20(22)4-2-3-5-21(28)25-12-13-30-14-15-31-18-8-6-17(7-9-18)10-11-24/h6-9,19-20,22-23,26,29H,2-5,10-16H2,1H3,(H,25,28). The van der Waals surface area contributed by atoms with Crippen LogP contribution in [0.25, 0.3) is 0 Å². The lowest BCUT2D eigenvalue weighted by Gasteiger charge is -2.25. The molecule has 9 heteroatoms. The van der Waals surface area contributed by atoms with Gasteiger partial charge in [-0.2, -0.15) is 11.8 Å². The summed E-state index contributed by atoms with van der Waals surface area (Å²) in [5, 5.41) is 16.6. The van der Waals surface area contributed by atoms with Crippen LogP contribution < -0.4 is 15.4 Å². The van der Waals surface area contributed by atoms with E-state index >= 15 is 0 Å². The van der Waals surface area contributed by atoms with Crippen molar-refractivity contribution in [3.63, 3.8) is 0 Å². The summed E-state index contributed by atoms with van der Waals surface area (Å²) in [5.74, 6) is 2.56. The van der Waals surface area contributed by atoms with Crippen molar-refractivity contribution >= 4 is 29.3 Å². The third kappa shape index (κ3) is 7.78. The number of aliphatic hydroxyl groups is 1. The van der Waals surface area contributed by atoms with Gasteiger partial charge in [-0.15, -0.1) is 11.6 Å². The third-order valence-corrected chi connectivity index (χ3v) is 7.70. The highest BCUT2D eigenvalue weighted by molar-refractivity contribution is 8.00. The van der Waals surface area contributed by atoms with Crippen LogP contribution in [0.4, 0.5) is 0 Å². The van der Waals surface area contributed by atoms with Gasteiger partial charge in [0, 0.05) is 41.9 Å². The van der Waals surface area contributed by atoms with Crippen LogP contribution >= 0.6 is 23.4 Å². The number of hydrogen-bond acceptors (Lipinski definition) is 7. The fourth-order valence-electron chi connectivity index (χ4n) is 4.27. The summed E-state index contributed by atoms with van der Waals surface area (Å²) in [6, 6.07) is 8.69. The Morgan fingerprint density at radius 3 is 2.88 bits per heavy atom. The Hall–Kier alpha value is -1.03. The van der Waals surface area contributed by atoms with Gasteiger partial charge in [0.15, 0.2) is 6.35 Å². The quantitative estimate of drug-likeness (QED) is 0.275. The summed E-state index contributed by atoms with van der Waals surface area (Å²) in [6.45, 7) is 1.96. The maximum absolute atomic E-state index is 12.0. The molecule has 180 valence electrons. The first-order valence-electron chi connectivity index (χ1n) is 11.5. The number of aliphatic hydroxyl groups excluding tert-OH is 1. The van der Waals surface area contributed by atoms with Crippen LogP contribution in [-0.4, -0.2) is 84.6 Å². The number of rotatable bonds is 14. The van der Waals surface area contributed by atoms with Crippen LogP contribution in [0.2, 0.25) is 0 Å². The number of nitrogens with one attached hydrogen (secondary N) is 2. The van der Waals surface area contributed by atoms with E-state index in [0.717, 1.165) is 37.2 Å². The number of nitrogens with zero attached hydrogens (tertiary/aromatic N) is 1. The second-order valence-electron chi connectivity index (χ2n) is 8.31. The number of amides is 1. The lowest BCUT2D eigenvalue weighted by Crippen LogP contribution is -2.39. The highest BCUT2D eigenvalue weighted by atomic mass is 35.5. The van der Waals surface area contributed by atoms with E-state index in [1.165, 1.54) is 5.56 Å². The molecule has 2 saturated heterocycles. The molecule has 0 bridgehead atoms. The monoisotopic (exact) mass is 485 g/mol. The molecule has 1 aromatic rings. The average Bonchev–Trinajstić information content (AvgIpc) is 3.31. The van der Waals surface area contributed by atoms with E-state index in [9.17, 15) is 9.90 Å². The Labute approximate surface area is 200 Å². The number of halogens is 1. The highest BCUT2D eigenvalue weighted by Gasteiger charge is 2.46. The van der Waals surface area contributed by atoms with Gasteiger partial charge in [-0.25, -0.2) is 0 Å². The summed E-state index contributed by atoms with van der Waals surface area (Å²) < 4.78 is 11.2. The van der Waals surface area contributed by atoms with Crippen molar-refractivity contribution in [2.24, 2.45) is 0 Å². The molecule has 4 atom stereocenters. The lowest BCUT2D eigenvalue weighted by atomic mass is 10.0. The minimum absolute atomic E-state index is 0.0777. The Morgan fingerprint density at radius 2 is 2.09 bits per heavy atom. The molecule has 2 heterocycles. The van der Waals surface area contributed by atoms with Crippen LogP contribution in [0.15, 0.2) is 24.3 Å². The number of aryl methyl sites for hydroxylation is 1. The number of fused-ring (bicyclic) bond motifs is 1. The molecule has 2 fully saturated rings. The summed E-state index contributed by atoms with van der Waals surface area (Å²) in [7, 11) is 1.98. The number of thioether (sulfide) groups is 1. The number of likely N-dealkylation sites (N-methyl/N-ethyl adjacent to an activating group) is 1. The number of hydrogen-bond donors (Lipinski definition) is 3. The number of carbonyl (C=O) groups excluding carboxylic acids is 1. The molecule has 3 N–H and O–H groups in total. The van der Waals surface area contributed by atoms with Gasteiger partial charge in [0.2, 0.25) is 5.91 Å². The molecule has 1 aromatic carbocycles. The molecular formula is C23H36ClN3O4S. The van der Waals surface area contributed by atoms with Gasteiger partial charge < -0.3 is 19.9 Å². The number of benzene rings is 1. The van der Waals surface area contributed by atoms with Crippen molar-refractivity contribution in [1.82, 2.24) is 15.5 Å². The molecular weight excluding hydrogens is 450 g/mol. The predicted octanol–water partition coefficient (Wildman–Crippen LogP) is 2.20. The van der Waals surface area contributed by atoms with E-state index in [2.05, 4.69) is 10.6 Å². The highest BCUT2D eigenvalue weighted by Crippen LogP contribution is 2.37. The van der Waals surface area contributed by atoms with E-state index in [4.69, 9.17) is 21.1 Å². The maximum Gasteiger partial charge on any atom is 0.220 e. The van der Waals surface area contributed by atoms with E-state index < -0.39 is 6.35 Å². The SMILES string of the molecule is CN1C(O)NC2CSC(CCCCC(=O)NCCOCCOc3ccc(CCCl)cc3)C21. The third-order valence-electron chi connectivity index (χ3n) is 6.02. The average molecular weight is 486 g/mol. The van der Waals surface area contributed by atoms with Gasteiger partial charge in [0.25, 0.3) is 0 Å². The molecule has 0 spiro atoms. The molecule has 0 aliphatic carbocycles. The predicted molar refractivity (Wildman–Crippen MR) is 129 cm³/mol. The van der Waals surface area contributed by atoms with Crippen molar-refractivity contribution in [1.29, 1.82) is 0 Å². The first-order valence-corrected chi connectivity index (χ1v) is 13.1. The number of alkyl halides is 1. The topological polar surface area (TPSA) is 83.1 Å². The van der Waals surface area contributed by atoms with Gasteiger partial charge in [0.05, 0.1) is 13.2 Å². The number of unbranched alkanes of at least 4 members (excludes halogenated alkanes) is 1. The van der Waals surface area contributed by atoms with Crippen LogP contribution in [0, 0.1) is 0 Å². The fraction of sp³-hybridized carbons (Fsp3) is 0.696. The Morgan fingerprint density at radius 1 is 1.28 bits per heavy atom. The molecule has 0 aromatic heterocycles. The van der Waals surface area contributed by atoms with Gasteiger partial charge >= 0.3 is 0 Å². The van der Waals surface area contributed by atoms with Gasteiger partial charge in [-0.3, -0.25) is 15.0 Å². The van der Waals surface area contributed by atoms with Crippen molar-refractivity contribution in [3.05, 3.63) is 29.8 Å². The van der Waals surface area contributed by atoms with Gasteiger partial charge in [-0.1, -0.05) is 18.6 Å². The van der Waals surface area contributed by atoms with E-state index in [0.29, 0.717) is 56.0 Å². The van der Waals surface area contributed by atoms with Crippen LogP contribution in [-0.2, 0) is 16.0 Å². The van der Waals surface area contributed by atoms with Gasteiger partial charge in [-0.05, 0) is 44.0 Å². The van der Waals surface area contributed by atoms with Gasteiger partial charge in [0.1, 0.15) is 12.4 Å². The smallest absolute Gasteiger partial charge is 0.220 e. The molecule has 4 unspecified atom stereocenters. The Bertz CT molecular complexity index is 694. The molecule has 1 amide bonds. The molecule has 32 heavy (non-hydrogen) atoms. The fourth-order valence-corrected chi connectivity index (χ4v) is 6.14. The molecule has 7 nitrogen and oxygen atoms in total. The Kier molecular flexibility index (Phi) is 10.9. The van der Waals surface area contributed by atoms with Crippen molar-refractivity contribution in [2.75, 3.05) is 45.0 Å². The minimum atomic E-state index is -0.527. The van der Waals surface area contributed by atoms with Crippen LogP contribution in [0.1, 0.15) is 31.2 Å². The summed E-state index contributed by atoms with van der Waals surface area (Å²) >= 11 is 7.71. The molecule has 0 radical (unpaired) electrons. The second kappa shape index (κ2) is 13.6. The number of ether oxygens (including phenoxy) is 2. The van der Waals surface area contributed by atoms with Crippen molar-refractivity contribution < 1.29 is 19.4 Å². The van der Waals surface area contributed by atoms with Crippen molar-refractivity contribution in [3.8, 4) is 5.75 Å². The number of carbonyl (C=O) groups is 1. The first kappa shape index (κ1) is 25.6. The molecule has 3 rings (SSSR count). The normalized spacial score (nSPS) is 25.1. The second-order valence-corrected chi connectivity index (χ2v) is 9.96. The first-order chi connectivity index (χ1) is 15.6. The summed E-state index contributed by atoms with van der Waals surface area (Å²) in [5.41, 5.74) is 1.20. The van der Waals surface area contributed by atoms with Crippen LogP contribution in [0.3, 0.4) is 0 Å². The lowest BCUT2D eigenvalue weighted by molar-refractivity contribution is -0.121. The summed E-state index contributed by atoms with van der Waals surface area (Å²) in [6.07, 6.45) is 3.87. The molecule has 0 saturated carbocycles. The maximum atomic E-state index is 12.0. The van der Waals surface area contributed by atoms with E-state index in [1.807, 2.05) is 48.0 Å². The Balaban J connectivity index is 1.15. The molecule has 2 aliphatic heterocycles. The summed E-state index contributed by atoms with van der Waals surface area (Å²) in [4.78, 5) is 14.0. The van der Waals surface area contributed by atoms with E-state index in [1.54, 1.807) is 0 Å².